The Bertz CT molecular complexity index is 319. The van der Waals surface area contributed by atoms with Gasteiger partial charge in [-0.15, -0.1) is 0 Å². The van der Waals surface area contributed by atoms with E-state index in [4.69, 9.17) is 5.73 Å². The van der Waals surface area contributed by atoms with Crippen LogP contribution >= 0.6 is 0 Å². The summed E-state index contributed by atoms with van der Waals surface area (Å²) in [6.07, 6.45) is 3.34. The molecule has 2 rings (SSSR count). The van der Waals surface area contributed by atoms with E-state index in [0.29, 0.717) is 11.3 Å². The highest BCUT2D eigenvalue weighted by Gasteiger charge is 2.17. The smallest absolute Gasteiger partial charge is 0.128 e. The lowest BCUT2D eigenvalue weighted by Gasteiger charge is -2.24. The molecule has 0 bridgehead atoms. The minimum atomic E-state index is -0.154. The summed E-state index contributed by atoms with van der Waals surface area (Å²) < 4.78 is 13.5. The van der Waals surface area contributed by atoms with Gasteiger partial charge >= 0.3 is 0 Å². The van der Waals surface area contributed by atoms with Crippen LogP contribution in [0.2, 0.25) is 0 Å². The van der Waals surface area contributed by atoms with Crippen molar-refractivity contribution >= 4 is 5.69 Å². The molecule has 1 heterocycles. The molecule has 0 radical (unpaired) electrons. The number of hydrogen-bond donors (Lipinski definition) is 2. The first-order valence-electron chi connectivity index (χ1n) is 5.05. The maximum absolute atomic E-state index is 13.5. The van der Waals surface area contributed by atoms with E-state index >= 15 is 0 Å². The van der Waals surface area contributed by atoms with Crippen LogP contribution in [0, 0.1) is 5.82 Å². The number of halogens is 1. The highest BCUT2D eigenvalue weighted by molar-refractivity contribution is 5.42. The number of anilines is 1. The summed E-state index contributed by atoms with van der Waals surface area (Å²) in [5.41, 5.74) is 6.99. The standard InChI is InChI=1S/C11H15FN2/c12-10-5-4-8(13)7-9(10)11-3-1-2-6-14-11/h4-5,7,11,14H,1-3,6,13H2. The van der Waals surface area contributed by atoms with Gasteiger partial charge in [-0.1, -0.05) is 6.42 Å². The van der Waals surface area contributed by atoms with Crippen LogP contribution < -0.4 is 11.1 Å². The Hall–Kier alpha value is -1.09. The molecule has 0 aliphatic carbocycles. The first-order chi connectivity index (χ1) is 6.77. The monoisotopic (exact) mass is 194 g/mol. The number of benzene rings is 1. The molecule has 1 aromatic carbocycles. The molecule has 1 unspecified atom stereocenters. The number of piperidine rings is 1. The van der Waals surface area contributed by atoms with Crippen LogP contribution in [0.15, 0.2) is 18.2 Å². The van der Waals surface area contributed by atoms with E-state index < -0.39 is 0 Å². The number of nitrogen functional groups attached to an aromatic ring is 1. The molecule has 0 saturated carbocycles. The zero-order chi connectivity index (χ0) is 9.97. The maximum Gasteiger partial charge on any atom is 0.128 e. The van der Waals surface area contributed by atoms with Crippen LogP contribution in [-0.4, -0.2) is 6.54 Å². The van der Waals surface area contributed by atoms with Crippen molar-refractivity contribution in [2.45, 2.75) is 25.3 Å². The predicted molar refractivity (Wildman–Crippen MR) is 55.4 cm³/mol. The Morgan fingerprint density at radius 1 is 1.36 bits per heavy atom. The van der Waals surface area contributed by atoms with Gasteiger partial charge in [0.25, 0.3) is 0 Å². The number of nitrogens with one attached hydrogen (secondary N) is 1. The molecule has 2 nitrogen and oxygen atoms in total. The molecule has 0 aromatic heterocycles. The second kappa shape index (κ2) is 3.96. The van der Waals surface area contributed by atoms with Gasteiger partial charge in [-0.25, -0.2) is 4.39 Å². The minimum Gasteiger partial charge on any atom is -0.399 e. The van der Waals surface area contributed by atoms with Crippen LogP contribution in [0.5, 0.6) is 0 Å². The van der Waals surface area contributed by atoms with Crippen molar-refractivity contribution in [3.8, 4) is 0 Å². The largest absolute Gasteiger partial charge is 0.399 e. The lowest BCUT2D eigenvalue weighted by molar-refractivity contribution is 0.400. The summed E-state index contributed by atoms with van der Waals surface area (Å²) in [5, 5.41) is 3.31. The van der Waals surface area contributed by atoms with Crippen molar-refractivity contribution in [1.29, 1.82) is 0 Å². The lowest BCUT2D eigenvalue weighted by Crippen LogP contribution is -2.27. The van der Waals surface area contributed by atoms with E-state index in [1.165, 1.54) is 12.5 Å². The summed E-state index contributed by atoms with van der Waals surface area (Å²) in [5.74, 6) is -0.154. The van der Waals surface area contributed by atoms with E-state index in [1.54, 1.807) is 12.1 Å². The Morgan fingerprint density at radius 3 is 2.93 bits per heavy atom. The quantitative estimate of drug-likeness (QED) is 0.673. The Kier molecular flexibility index (Phi) is 2.68. The van der Waals surface area contributed by atoms with Crippen LogP contribution in [0.1, 0.15) is 30.9 Å². The Balaban J connectivity index is 2.24. The van der Waals surface area contributed by atoms with Crippen molar-refractivity contribution in [1.82, 2.24) is 5.32 Å². The molecule has 1 aromatic rings. The highest BCUT2D eigenvalue weighted by Crippen LogP contribution is 2.26. The number of nitrogens with two attached hydrogens (primary N) is 1. The van der Waals surface area contributed by atoms with Gasteiger partial charge in [-0.2, -0.15) is 0 Å². The molecule has 1 fully saturated rings. The van der Waals surface area contributed by atoms with Crippen molar-refractivity contribution in [3.63, 3.8) is 0 Å². The van der Waals surface area contributed by atoms with Gasteiger partial charge in [-0.05, 0) is 37.6 Å². The molecule has 14 heavy (non-hydrogen) atoms. The average Bonchev–Trinajstić information content (AvgIpc) is 2.23. The van der Waals surface area contributed by atoms with Gasteiger partial charge in [0.1, 0.15) is 5.82 Å². The van der Waals surface area contributed by atoms with E-state index in [-0.39, 0.29) is 11.9 Å². The number of rotatable bonds is 1. The van der Waals surface area contributed by atoms with Crippen LogP contribution in [0.4, 0.5) is 10.1 Å². The zero-order valence-corrected chi connectivity index (χ0v) is 8.09. The van der Waals surface area contributed by atoms with Gasteiger partial charge in [0.15, 0.2) is 0 Å². The van der Waals surface area contributed by atoms with E-state index in [9.17, 15) is 4.39 Å². The molecular weight excluding hydrogens is 179 g/mol. The van der Waals surface area contributed by atoms with E-state index in [0.717, 1.165) is 19.4 Å². The van der Waals surface area contributed by atoms with Gasteiger partial charge < -0.3 is 11.1 Å². The molecule has 1 aliphatic heterocycles. The molecule has 1 aliphatic rings. The van der Waals surface area contributed by atoms with Gasteiger partial charge in [-0.3, -0.25) is 0 Å². The maximum atomic E-state index is 13.5. The third-order valence-electron chi connectivity index (χ3n) is 2.71. The van der Waals surface area contributed by atoms with Crippen LogP contribution in [0.3, 0.4) is 0 Å². The second-order valence-corrected chi connectivity index (χ2v) is 3.78. The topological polar surface area (TPSA) is 38.0 Å². The summed E-state index contributed by atoms with van der Waals surface area (Å²) in [4.78, 5) is 0. The van der Waals surface area contributed by atoms with Crippen molar-refractivity contribution in [2.75, 3.05) is 12.3 Å². The molecule has 0 amide bonds. The Labute approximate surface area is 83.3 Å². The average molecular weight is 194 g/mol. The van der Waals surface area contributed by atoms with Gasteiger partial charge in [0, 0.05) is 17.3 Å². The van der Waals surface area contributed by atoms with Gasteiger partial charge in [0.2, 0.25) is 0 Å². The molecule has 3 N–H and O–H groups in total. The highest BCUT2D eigenvalue weighted by atomic mass is 19.1. The third kappa shape index (κ3) is 1.87. The fraction of sp³-hybridized carbons (Fsp3) is 0.455. The SMILES string of the molecule is Nc1ccc(F)c(C2CCCCN2)c1. The fourth-order valence-electron chi connectivity index (χ4n) is 1.95. The number of hydrogen-bond acceptors (Lipinski definition) is 2. The molecule has 0 spiro atoms. The molecule has 3 heteroatoms. The third-order valence-corrected chi connectivity index (χ3v) is 2.71. The van der Waals surface area contributed by atoms with Gasteiger partial charge in [0.05, 0.1) is 0 Å². The molecule has 1 saturated heterocycles. The van der Waals surface area contributed by atoms with E-state index in [1.807, 2.05) is 0 Å². The van der Waals surface area contributed by atoms with Crippen LogP contribution in [0.25, 0.3) is 0 Å². The second-order valence-electron chi connectivity index (χ2n) is 3.78. The molecular formula is C11H15FN2. The van der Waals surface area contributed by atoms with Crippen molar-refractivity contribution in [2.24, 2.45) is 0 Å². The lowest BCUT2D eigenvalue weighted by atomic mass is 9.97. The van der Waals surface area contributed by atoms with Crippen molar-refractivity contribution < 1.29 is 4.39 Å². The zero-order valence-electron chi connectivity index (χ0n) is 8.09. The summed E-state index contributed by atoms with van der Waals surface area (Å²) in [6, 6.07) is 4.92. The first-order valence-corrected chi connectivity index (χ1v) is 5.05. The first kappa shape index (κ1) is 9.46. The molecule has 1 atom stereocenters. The fourth-order valence-corrected chi connectivity index (χ4v) is 1.95. The van der Waals surface area contributed by atoms with Crippen LogP contribution in [-0.2, 0) is 0 Å². The normalized spacial score (nSPS) is 22.2. The Morgan fingerprint density at radius 2 is 2.21 bits per heavy atom. The summed E-state index contributed by atoms with van der Waals surface area (Å²) in [7, 11) is 0. The summed E-state index contributed by atoms with van der Waals surface area (Å²) >= 11 is 0. The molecule has 76 valence electrons. The predicted octanol–water partition coefficient (Wildman–Crippen LogP) is 2.22. The van der Waals surface area contributed by atoms with Crippen molar-refractivity contribution in [3.05, 3.63) is 29.6 Å². The minimum absolute atomic E-state index is 0.146. The van der Waals surface area contributed by atoms with E-state index in [2.05, 4.69) is 5.32 Å². The summed E-state index contributed by atoms with van der Waals surface area (Å²) in [6.45, 7) is 0.971.